The van der Waals surface area contributed by atoms with Crippen molar-refractivity contribution < 1.29 is 14.3 Å². The van der Waals surface area contributed by atoms with E-state index in [-0.39, 0.29) is 5.56 Å². The molecule has 0 aliphatic heterocycles. The van der Waals surface area contributed by atoms with Crippen molar-refractivity contribution in [2.24, 2.45) is 0 Å². The molecule has 0 heterocycles. The molecule has 0 bridgehead atoms. The summed E-state index contributed by atoms with van der Waals surface area (Å²) in [4.78, 5) is 11.4. The lowest BCUT2D eigenvalue weighted by molar-refractivity contribution is 0.107. The van der Waals surface area contributed by atoms with Crippen molar-refractivity contribution in [3.8, 4) is 11.5 Å². The summed E-state index contributed by atoms with van der Waals surface area (Å²) < 4.78 is 10.7. The minimum absolute atomic E-state index is 0.220. The third-order valence-corrected chi connectivity index (χ3v) is 2.09. The van der Waals surface area contributed by atoms with Crippen LogP contribution in [0.25, 0.3) is 0 Å². The minimum Gasteiger partial charge on any atom is -0.489 e. The first-order chi connectivity index (χ1) is 8.20. The van der Waals surface area contributed by atoms with Gasteiger partial charge in [0.2, 0.25) is 0 Å². The molecule has 0 aromatic heterocycles. The van der Waals surface area contributed by atoms with Crippen LogP contribution in [0.4, 0.5) is 0 Å². The van der Waals surface area contributed by atoms with E-state index >= 15 is 0 Å². The van der Waals surface area contributed by atoms with Gasteiger partial charge in [-0.1, -0.05) is 31.4 Å². The molecule has 4 heteroatoms. The zero-order chi connectivity index (χ0) is 12.7. The van der Waals surface area contributed by atoms with E-state index in [1.165, 1.54) is 0 Å². The van der Waals surface area contributed by atoms with Crippen molar-refractivity contribution in [2.45, 2.75) is 0 Å². The second-order valence-electron chi connectivity index (χ2n) is 3.10. The molecule has 0 atom stereocenters. The van der Waals surface area contributed by atoms with Gasteiger partial charge in [-0.05, 0) is 23.7 Å². The average Bonchev–Trinajstić information content (AvgIpc) is 2.33. The van der Waals surface area contributed by atoms with E-state index in [1.807, 2.05) is 0 Å². The van der Waals surface area contributed by atoms with Crippen LogP contribution in [0.2, 0.25) is 0 Å². The summed E-state index contributed by atoms with van der Waals surface area (Å²) in [6.45, 7) is 7.66. The summed E-state index contributed by atoms with van der Waals surface area (Å²) in [5.74, 6) is 0.762. The third-order valence-electron chi connectivity index (χ3n) is 1.90. The van der Waals surface area contributed by atoms with Gasteiger partial charge in [-0.25, -0.2) is 0 Å². The van der Waals surface area contributed by atoms with E-state index < -0.39 is 5.24 Å². The van der Waals surface area contributed by atoms with Gasteiger partial charge in [0.25, 0.3) is 5.24 Å². The largest absolute Gasteiger partial charge is 0.489 e. The van der Waals surface area contributed by atoms with E-state index in [9.17, 15) is 4.79 Å². The lowest BCUT2D eigenvalue weighted by Crippen LogP contribution is -2.04. The summed E-state index contributed by atoms with van der Waals surface area (Å²) in [5.41, 5.74) is 0.220. The van der Waals surface area contributed by atoms with E-state index in [4.69, 9.17) is 21.1 Å². The van der Waals surface area contributed by atoms with Gasteiger partial charge in [0.15, 0.2) is 0 Å². The van der Waals surface area contributed by atoms with Crippen LogP contribution in [0.15, 0.2) is 43.5 Å². The van der Waals surface area contributed by atoms with E-state index in [0.29, 0.717) is 24.7 Å². The van der Waals surface area contributed by atoms with Crippen LogP contribution < -0.4 is 9.47 Å². The van der Waals surface area contributed by atoms with Crippen molar-refractivity contribution in [3.63, 3.8) is 0 Å². The van der Waals surface area contributed by atoms with Gasteiger partial charge < -0.3 is 9.47 Å². The predicted molar refractivity (Wildman–Crippen MR) is 68.0 cm³/mol. The Morgan fingerprint density at radius 3 is 2.00 bits per heavy atom. The smallest absolute Gasteiger partial charge is 0.259 e. The molecule has 0 spiro atoms. The molecule has 0 radical (unpaired) electrons. The number of hydrogen-bond acceptors (Lipinski definition) is 3. The Morgan fingerprint density at radius 2 is 1.65 bits per heavy atom. The Balaban J connectivity index is 3.07. The van der Waals surface area contributed by atoms with Crippen LogP contribution in [0, 0.1) is 0 Å². The second kappa shape index (κ2) is 6.76. The molecular weight excluding hydrogens is 240 g/mol. The number of carbonyl (C=O) groups excluding carboxylic acids is 1. The monoisotopic (exact) mass is 252 g/mol. The molecule has 0 unspecified atom stereocenters. The Kier molecular flexibility index (Phi) is 5.30. The number of ether oxygens (including phenoxy) is 2. The molecule has 3 nitrogen and oxygen atoms in total. The molecule has 1 rings (SSSR count). The topological polar surface area (TPSA) is 35.5 Å². The molecule has 1 aromatic rings. The Bertz CT molecular complexity index is 396. The fourth-order valence-electron chi connectivity index (χ4n) is 1.24. The Labute approximate surface area is 105 Å². The number of hydrogen-bond donors (Lipinski definition) is 0. The van der Waals surface area contributed by atoms with E-state index in [2.05, 4.69) is 13.2 Å². The van der Waals surface area contributed by atoms with Gasteiger partial charge in [-0.3, -0.25) is 4.79 Å². The highest BCUT2D eigenvalue weighted by molar-refractivity contribution is 6.68. The van der Waals surface area contributed by atoms with Crippen LogP contribution in [0.3, 0.4) is 0 Å². The highest BCUT2D eigenvalue weighted by Crippen LogP contribution is 2.30. The molecule has 17 heavy (non-hydrogen) atoms. The van der Waals surface area contributed by atoms with Crippen LogP contribution >= 0.6 is 11.6 Å². The molecule has 1 aromatic carbocycles. The first-order valence-corrected chi connectivity index (χ1v) is 5.38. The van der Waals surface area contributed by atoms with Crippen molar-refractivity contribution in [1.82, 2.24) is 0 Å². The number of rotatable bonds is 7. The van der Waals surface area contributed by atoms with Gasteiger partial charge in [0.05, 0.1) is 0 Å². The maximum Gasteiger partial charge on any atom is 0.259 e. The third kappa shape index (κ3) is 3.64. The summed E-state index contributed by atoms with van der Waals surface area (Å²) in [7, 11) is 0. The van der Waals surface area contributed by atoms with Gasteiger partial charge in [0, 0.05) is 0 Å². The van der Waals surface area contributed by atoms with Crippen molar-refractivity contribution in [1.29, 1.82) is 0 Å². The summed E-state index contributed by atoms with van der Waals surface area (Å²) in [6.07, 6.45) is 3.17. The van der Waals surface area contributed by atoms with Crippen LogP contribution in [-0.2, 0) is 0 Å². The molecule has 0 amide bonds. The van der Waals surface area contributed by atoms with E-state index in [0.717, 1.165) is 0 Å². The Morgan fingerprint density at radius 1 is 1.18 bits per heavy atom. The minimum atomic E-state index is -0.622. The average molecular weight is 253 g/mol. The zero-order valence-electron chi connectivity index (χ0n) is 9.32. The number of carbonyl (C=O) groups is 1. The lowest BCUT2D eigenvalue weighted by atomic mass is 10.2. The normalized spacial score (nSPS) is 9.47. The van der Waals surface area contributed by atoms with Crippen LogP contribution in [0.5, 0.6) is 11.5 Å². The van der Waals surface area contributed by atoms with E-state index in [1.54, 1.807) is 30.4 Å². The highest BCUT2D eigenvalue weighted by atomic mass is 35.5. The first kappa shape index (κ1) is 13.3. The van der Waals surface area contributed by atoms with Gasteiger partial charge in [-0.15, -0.1) is 0 Å². The lowest BCUT2D eigenvalue weighted by Gasteiger charge is -2.12. The number of benzene rings is 1. The molecule has 0 saturated heterocycles. The molecule has 0 aliphatic rings. The standard InChI is InChI=1S/C13H13ClO3/c1-3-8-16-10-6-5-7-11(17-9-4-2)12(10)13(14)15/h3-7H,1-2,8-9H2. The van der Waals surface area contributed by atoms with Crippen molar-refractivity contribution in [3.05, 3.63) is 49.1 Å². The number of halogens is 1. The van der Waals surface area contributed by atoms with Crippen LogP contribution in [0.1, 0.15) is 10.4 Å². The fraction of sp³-hybridized carbons (Fsp3) is 0.154. The fourth-order valence-corrected chi connectivity index (χ4v) is 1.43. The predicted octanol–water partition coefficient (Wildman–Crippen LogP) is 3.20. The maximum absolute atomic E-state index is 11.4. The summed E-state index contributed by atoms with van der Waals surface area (Å²) in [5, 5.41) is -0.622. The Hall–Kier alpha value is -1.74. The van der Waals surface area contributed by atoms with Crippen molar-refractivity contribution >= 4 is 16.8 Å². The highest BCUT2D eigenvalue weighted by Gasteiger charge is 2.16. The van der Waals surface area contributed by atoms with Crippen molar-refractivity contribution in [2.75, 3.05) is 13.2 Å². The molecule has 0 aliphatic carbocycles. The molecular formula is C13H13ClO3. The zero-order valence-corrected chi connectivity index (χ0v) is 10.1. The molecule has 0 N–H and O–H groups in total. The maximum atomic E-state index is 11.4. The summed E-state index contributed by atoms with van der Waals surface area (Å²) >= 11 is 5.52. The van der Waals surface area contributed by atoms with Gasteiger partial charge >= 0.3 is 0 Å². The molecule has 0 saturated carbocycles. The first-order valence-electron chi connectivity index (χ1n) is 5.01. The van der Waals surface area contributed by atoms with Crippen LogP contribution in [-0.4, -0.2) is 18.5 Å². The summed E-state index contributed by atoms with van der Waals surface area (Å²) in [6, 6.07) is 5.03. The quantitative estimate of drug-likeness (QED) is 0.552. The van der Waals surface area contributed by atoms with Gasteiger partial charge in [0.1, 0.15) is 30.3 Å². The second-order valence-corrected chi connectivity index (χ2v) is 3.45. The molecule has 0 fully saturated rings. The van der Waals surface area contributed by atoms with Gasteiger partial charge in [-0.2, -0.15) is 0 Å². The molecule has 90 valence electrons. The SMILES string of the molecule is C=CCOc1cccc(OCC=C)c1C(=O)Cl.